The number of amides is 3. The van der Waals surface area contributed by atoms with E-state index in [4.69, 9.17) is 23.2 Å². The fraction of sp³-hybridized carbons (Fsp3) is 0.281. The van der Waals surface area contributed by atoms with Crippen molar-refractivity contribution in [1.82, 2.24) is 29.9 Å². The number of likely N-dealkylation sites (N-methyl/N-ethyl adjacent to an activating group) is 1. The van der Waals surface area contributed by atoms with Gasteiger partial charge < -0.3 is 20.9 Å². The van der Waals surface area contributed by atoms with Crippen LogP contribution in [0.3, 0.4) is 0 Å². The summed E-state index contributed by atoms with van der Waals surface area (Å²) in [6, 6.07) is 15.9. The van der Waals surface area contributed by atoms with E-state index in [9.17, 15) is 14.4 Å². The van der Waals surface area contributed by atoms with Crippen LogP contribution in [0.5, 0.6) is 0 Å². The number of anilines is 2. The summed E-state index contributed by atoms with van der Waals surface area (Å²) in [6.07, 6.45) is 2.70. The van der Waals surface area contributed by atoms with E-state index in [1.807, 2.05) is 42.5 Å². The van der Waals surface area contributed by atoms with Crippen LogP contribution in [0.4, 0.5) is 16.2 Å². The summed E-state index contributed by atoms with van der Waals surface area (Å²) < 4.78 is 1.27. The second-order valence-electron chi connectivity index (χ2n) is 10.7. The molecule has 1 saturated heterocycles. The Balaban J connectivity index is 1.32. The number of carbonyl (C=O) groups excluding carboxylic acids is 2. The van der Waals surface area contributed by atoms with E-state index in [0.29, 0.717) is 17.8 Å². The molecule has 0 spiro atoms. The first-order valence-corrected chi connectivity index (χ1v) is 15.4. The molecule has 13 heteroatoms. The van der Waals surface area contributed by atoms with Crippen molar-refractivity contribution in [3.63, 3.8) is 0 Å². The number of pyridine rings is 1. The molecule has 0 radical (unpaired) electrons. The molecule has 0 aliphatic carbocycles. The van der Waals surface area contributed by atoms with E-state index in [1.165, 1.54) is 23.1 Å². The number of nitrogens with one attached hydrogen (secondary N) is 3. The summed E-state index contributed by atoms with van der Waals surface area (Å²) in [7, 11) is 2.12. The Morgan fingerprint density at radius 2 is 1.56 bits per heavy atom. The number of hydrogen-bond donors (Lipinski definition) is 3. The van der Waals surface area contributed by atoms with Gasteiger partial charge in [-0.25, -0.2) is 9.48 Å². The average molecular weight is 650 g/mol. The number of carbonyl (C=O) groups is 2. The molecular weight excluding hydrogens is 615 g/mol. The molecule has 1 fully saturated rings. The van der Waals surface area contributed by atoms with Gasteiger partial charge in [-0.1, -0.05) is 53.5 Å². The molecule has 1 aliphatic heterocycles. The SMILES string of the molecule is CCn1nc(-c2cccc(-c3cccc(C(=O)NCCN4CCN(C)CC4)c3)c2)cc(NC(=O)Nc2c(Cl)cncc2Cl)c1=O. The van der Waals surface area contributed by atoms with Gasteiger partial charge in [0.25, 0.3) is 11.5 Å². The van der Waals surface area contributed by atoms with Gasteiger partial charge in [-0.2, -0.15) is 5.10 Å². The molecule has 3 N–H and O–H groups in total. The highest BCUT2D eigenvalue weighted by Crippen LogP contribution is 2.29. The number of nitrogens with zero attached hydrogens (tertiary/aromatic N) is 5. The van der Waals surface area contributed by atoms with Crippen molar-refractivity contribution in [2.24, 2.45) is 0 Å². The highest BCUT2D eigenvalue weighted by atomic mass is 35.5. The maximum atomic E-state index is 13.0. The number of benzene rings is 2. The number of aryl methyl sites for hydroxylation is 1. The zero-order valence-corrected chi connectivity index (χ0v) is 26.5. The predicted octanol–water partition coefficient (Wildman–Crippen LogP) is 4.92. The smallest absolute Gasteiger partial charge is 0.323 e. The first kappa shape index (κ1) is 32.1. The Kier molecular flexibility index (Phi) is 10.5. The topological polar surface area (TPSA) is 124 Å². The van der Waals surface area contributed by atoms with Crippen LogP contribution in [0.2, 0.25) is 10.0 Å². The molecule has 2 aromatic carbocycles. The van der Waals surface area contributed by atoms with Crippen LogP contribution in [0.1, 0.15) is 17.3 Å². The highest BCUT2D eigenvalue weighted by Gasteiger charge is 2.17. The third-order valence-electron chi connectivity index (χ3n) is 7.54. The van der Waals surface area contributed by atoms with Gasteiger partial charge in [0.2, 0.25) is 0 Å². The van der Waals surface area contributed by atoms with E-state index in [0.717, 1.165) is 49.4 Å². The number of rotatable bonds is 9. The Bertz CT molecular complexity index is 1730. The summed E-state index contributed by atoms with van der Waals surface area (Å²) >= 11 is 12.2. The van der Waals surface area contributed by atoms with E-state index in [-0.39, 0.29) is 33.9 Å². The Hall–Kier alpha value is -4.29. The lowest BCUT2D eigenvalue weighted by Crippen LogP contribution is -2.46. The van der Waals surface area contributed by atoms with Crippen molar-refractivity contribution in [2.45, 2.75) is 13.5 Å². The molecule has 11 nitrogen and oxygen atoms in total. The van der Waals surface area contributed by atoms with Gasteiger partial charge in [-0.3, -0.25) is 19.5 Å². The van der Waals surface area contributed by atoms with Crippen molar-refractivity contribution in [1.29, 1.82) is 0 Å². The lowest BCUT2D eigenvalue weighted by molar-refractivity contribution is 0.0941. The molecule has 45 heavy (non-hydrogen) atoms. The van der Waals surface area contributed by atoms with Crippen LogP contribution in [0.25, 0.3) is 22.4 Å². The van der Waals surface area contributed by atoms with Crippen molar-refractivity contribution >= 4 is 46.5 Å². The van der Waals surface area contributed by atoms with E-state index < -0.39 is 11.6 Å². The molecule has 1 aliphatic rings. The van der Waals surface area contributed by atoms with Gasteiger partial charge in [0, 0.05) is 69.3 Å². The van der Waals surface area contributed by atoms with Gasteiger partial charge >= 0.3 is 6.03 Å². The second kappa shape index (κ2) is 14.7. The summed E-state index contributed by atoms with van der Waals surface area (Å²) in [5.74, 6) is -0.123. The summed E-state index contributed by atoms with van der Waals surface area (Å²) in [5, 5.41) is 13.0. The molecular formula is C32H34Cl2N8O3. The standard InChI is InChI=1S/C32H34Cl2N8O3/c1-3-42-31(44)28(37-32(45)38-29-25(33)19-35-20-26(29)34)18-27(39-42)23-8-4-6-21(16-23)22-7-5-9-24(17-22)30(43)36-10-11-41-14-12-40(2)13-15-41/h4-9,16-20H,3,10-15H2,1-2H3,(H,36,43)(H2,35,37,38,45). The number of halogens is 2. The lowest BCUT2D eigenvalue weighted by atomic mass is 9.99. The Labute approximate surface area is 271 Å². The normalized spacial score (nSPS) is 13.8. The zero-order chi connectivity index (χ0) is 31.9. The molecule has 0 atom stereocenters. The molecule has 3 heterocycles. The lowest BCUT2D eigenvalue weighted by Gasteiger charge is -2.32. The average Bonchev–Trinajstić information content (AvgIpc) is 3.05. The molecule has 3 amide bonds. The molecule has 0 unspecified atom stereocenters. The van der Waals surface area contributed by atoms with Crippen molar-refractivity contribution in [2.75, 3.05) is 56.9 Å². The monoisotopic (exact) mass is 648 g/mol. The van der Waals surface area contributed by atoms with Crippen LogP contribution in [0, 0.1) is 0 Å². The first-order chi connectivity index (χ1) is 21.7. The van der Waals surface area contributed by atoms with Crippen LogP contribution in [-0.2, 0) is 6.54 Å². The van der Waals surface area contributed by atoms with Gasteiger partial charge in [-0.15, -0.1) is 0 Å². The van der Waals surface area contributed by atoms with E-state index in [2.05, 4.69) is 42.9 Å². The van der Waals surface area contributed by atoms with E-state index in [1.54, 1.807) is 13.0 Å². The van der Waals surface area contributed by atoms with Crippen LogP contribution in [-0.4, -0.2) is 82.8 Å². The number of piperazine rings is 1. The van der Waals surface area contributed by atoms with Crippen LogP contribution < -0.4 is 21.5 Å². The first-order valence-electron chi connectivity index (χ1n) is 14.6. The summed E-state index contributed by atoms with van der Waals surface area (Å²) in [6.45, 7) is 7.55. The maximum absolute atomic E-state index is 13.0. The van der Waals surface area contributed by atoms with Gasteiger partial charge in [0.1, 0.15) is 5.69 Å². The minimum atomic E-state index is -0.700. The number of aromatic nitrogens is 3. The zero-order valence-electron chi connectivity index (χ0n) is 25.0. The molecule has 2 aromatic heterocycles. The fourth-order valence-electron chi connectivity index (χ4n) is 4.98. The molecule has 234 valence electrons. The largest absolute Gasteiger partial charge is 0.351 e. The number of hydrogen-bond acceptors (Lipinski definition) is 7. The third kappa shape index (κ3) is 8.06. The van der Waals surface area contributed by atoms with Gasteiger partial charge in [0.15, 0.2) is 0 Å². The quantitative estimate of drug-likeness (QED) is 0.235. The maximum Gasteiger partial charge on any atom is 0.323 e. The molecule has 5 rings (SSSR count). The molecule has 0 bridgehead atoms. The summed E-state index contributed by atoms with van der Waals surface area (Å²) in [5.41, 5.74) is 3.23. The molecule has 4 aromatic rings. The van der Waals surface area contributed by atoms with Crippen molar-refractivity contribution < 1.29 is 9.59 Å². The second-order valence-corrected chi connectivity index (χ2v) is 11.5. The minimum Gasteiger partial charge on any atom is -0.351 e. The van der Waals surface area contributed by atoms with Crippen LogP contribution in [0.15, 0.2) is 71.8 Å². The van der Waals surface area contributed by atoms with E-state index >= 15 is 0 Å². The van der Waals surface area contributed by atoms with Crippen molar-refractivity contribution in [3.05, 3.63) is 93.0 Å². The summed E-state index contributed by atoms with van der Waals surface area (Å²) in [4.78, 5) is 47.3. The third-order valence-corrected chi connectivity index (χ3v) is 8.11. The Morgan fingerprint density at radius 3 is 2.27 bits per heavy atom. The van der Waals surface area contributed by atoms with Crippen LogP contribution >= 0.6 is 23.2 Å². The molecule has 0 saturated carbocycles. The Morgan fingerprint density at radius 1 is 0.889 bits per heavy atom. The minimum absolute atomic E-state index is 0.0290. The fourth-order valence-corrected chi connectivity index (χ4v) is 5.44. The van der Waals surface area contributed by atoms with Gasteiger partial charge in [-0.05, 0) is 49.4 Å². The van der Waals surface area contributed by atoms with Crippen molar-refractivity contribution in [3.8, 4) is 22.4 Å². The number of urea groups is 1. The highest BCUT2D eigenvalue weighted by molar-refractivity contribution is 6.39. The predicted molar refractivity (Wildman–Crippen MR) is 178 cm³/mol. The van der Waals surface area contributed by atoms with Gasteiger partial charge in [0.05, 0.1) is 21.4 Å².